The van der Waals surface area contributed by atoms with Gasteiger partial charge in [-0.3, -0.25) is 5.32 Å². The monoisotopic (exact) mass is 308 g/mol. The minimum atomic E-state index is -0.410. The van der Waals surface area contributed by atoms with Gasteiger partial charge in [-0.25, -0.2) is 9.48 Å². The molecule has 6 heteroatoms. The van der Waals surface area contributed by atoms with Gasteiger partial charge in [-0.05, 0) is 31.2 Å². The summed E-state index contributed by atoms with van der Waals surface area (Å²) in [7, 11) is 0. The Morgan fingerprint density at radius 2 is 1.83 bits per heavy atom. The molecule has 3 aromatic rings. The van der Waals surface area contributed by atoms with Crippen LogP contribution < -0.4 is 10.6 Å². The highest BCUT2D eigenvalue weighted by Crippen LogP contribution is 2.18. The molecule has 2 amide bonds. The smallest absolute Gasteiger partial charge is 0.324 e. The number of carbonyl (C=O) groups excluding carboxylic acids is 1. The summed E-state index contributed by atoms with van der Waals surface area (Å²) in [5.41, 5.74) is 2.15. The van der Waals surface area contributed by atoms with Crippen molar-refractivity contribution in [2.75, 3.05) is 10.6 Å². The fourth-order valence-corrected chi connectivity index (χ4v) is 2.22. The van der Waals surface area contributed by atoms with E-state index < -0.39 is 6.03 Å². The maximum Gasteiger partial charge on any atom is 0.324 e. The molecule has 0 aliphatic rings. The van der Waals surface area contributed by atoms with E-state index in [1.54, 1.807) is 22.9 Å². The predicted octanol–water partition coefficient (Wildman–Crippen LogP) is 3.53. The maximum absolute atomic E-state index is 12.1. The second-order valence-corrected chi connectivity index (χ2v) is 5.05. The SMILES string of the molecule is Cc1cc(NC(=O)Nc2cccc(O)c2)n(-c2ccccc2)n1. The van der Waals surface area contributed by atoms with Gasteiger partial charge in [-0.2, -0.15) is 5.10 Å². The molecule has 0 unspecified atom stereocenters. The quantitative estimate of drug-likeness (QED) is 0.692. The summed E-state index contributed by atoms with van der Waals surface area (Å²) in [4.78, 5) is 12.1. The average molecular weight is 308 g/mol. The van der Waals surface area contributed by atoms with Crippen LogP contribution in [-0.4, -0.2) is 20.9 Å². The molecule has 1 heterocycles. The number of aryl methyl sites for hydroxylation is 1. The molecule has 1 aromatic heterocycles. The number of para-hydroxylation sites is 1. The standard InChI is InChI=1S/C17H16N4O2/c1-12-10-16(21(20-12)14-7-3-2-4-8-14)19-17(23)18-13-6-5-9-15(22)11-13/h2-11,22H,1H3,(H2,18,19,23). The van der Waals surface area contributed by atoms with E-state index in [-0.39, 0.29) is 5.75 Å². The number of nitrogens with one attached hydrogen (secondary N) is 2. The van der Waals surface area contributed by atoms with Crippen molar-refractivity contribution in [3.05, 3.63) is 66.4 Å². The first kappa shape index (κ1) is 14.6. The van der Waals surface area contributed by atoms with Gasteiger partial charge in [0.15, 0.2) is 0 Å². The van der Waals surface area contributed by atoms with Crippen LogP contribution >= 0.6 is 0 Å². The van der Waals surface area contributed by atoms with E-state index in [4.69, 9.17) is 0 Å². The number of rotatable bonds is 3. The van der Waals surface area contributed by atoms with Crippen molar-refractivity contribution in [2.24, 2.45) is 0 Å². The molecule has 116 valence electrons. The van der Waals surface area contributed by atoms with E-state index in [1.165, 1.54) is 12.1 Å². The van der Waals surface area contributed by atoms with E-state index in [0.29, 0.717) is 11.5 Å². The number of hydrogen-bond acceptors (Lipinski definition) is 3. The molecule has 0 saturated carbocycles. The Bertz CT molecular complexity index is 828. The second-order valence-electron chi connectivity index (χ2n) is 5.05. The van der Waals surface area contributed by atoms with Crippen molar-refractivity contribution >= 4 is 17.5 Å². The third kappa shape index (κ3) is 3.49. The van der Waals surface area contributed by atoms with Gasteiger partial charge in [-0.1, -0.05) is 24.3 Å². The first-order valence-electron chi connectivity index (χ1n) is 7.11. The van der Waals surface area contributed by atoms with Crippen molar-refractivity contribution in [3.8, 4) is 11.4 Å². The Hall–Kier alpha value is -3.28. The molecule has 0 aliphatic carbocycles. The first-order chi connectivity index (χ1) is 11.1. The normalized spacial score (nSPS) is 10.3. The summed E-state index contributed by atoms with van der Waals surface area (Å²) in [6.45, 7) is 1.86. The molecule has 0 bridgehead atoms. The number of aromatic hydroxyl groups is 1. The highest BCUT2D eigenvalue weighted by molar-refractivity contribution is 5.99. The van der Waals surface area contributed by atoms with E-state index in [2.05, 4.69) is 15.7 Å². The molecular weight excluding hydrogens is 292 g/mol. The van der Waals surface area contributed by atoms with Crippen LogP contribution in [0.25, 0.3) is 5.69 Å². The number of benzene rings is 2. The van der Waals surface area contributed by atoms with Crippen LogP contribution in [0.5, 0.6) is 5.75 Å². The topological polar surface area (TPSA) is 79.2 Å². The Morgan fingerprint density at radius 1 is 1.04 bits per heavy atom. The molecule has 2 aromatic carbocycles. The number of phenols is 1. The van der Waals surface area contributed by atoms with Gasteiger partial charge in [0.25, 0.3) is 0 Å². The van der Waals surface area contributed by atoms with Gasteiger partial charge in [0.1, 0.15) is 11.6 Å². The average Bonchev–Trinajstić information content (AvgIpc) is 2.88. The van der Waals surface area contributed by atoms with Gasteiger partial charge in [0.2, 0.25) is 0 Å². The van der Waals surface area contributed by atoms with Crippen LogP contribution in [0.3, 0.4) is 0 Å². The lowest BCUT2D eigenvalue weighted by Crippen LogP contribution is -2.21. The maximum atomic E-state index is 12.1. The molecule has 6 nitrogen and oxygen atoms in total. The van der Waals surface area contributed by atoms with Gasteiger partial charge < -0.3 is 10.4 Å². The number of anilines is 2. The van der Waals surface area contributed by atoms with Crippen LogP contribution in [0, 0.1) is 6.92 Å². The molecule has 3 N–H and O–H groups in total. The Labute approximate surface area is 133 Å². The Balaban J connectivity index is 1.79. The number of carbonyl (C=O) groups is 1. The van der Waals surface area contributed by atoms with Crippen LogP contribution in [0.1, 0.15) is 5.69 Å². The Morgan fingerprint density at radius 3 is 2.57 bits per heavy atom. The van der Waals surface area contributed by atoms with E-state index in [9.17, 15) is 9.90 Å². The summed E-state index contributed by atoms with van der Waals surface area (Å²) in [5.74, 6) is 0.652. The zero-order chi connectivity index (χ0) is 16.2. The predicted molar refractivity (Wildman–Crippen MR) is 89.0 cm³/mol. The molecule has 0 fully saturated rings. The van der Waals surface area contributed by atoms with E-state index >= 15 is 0 Å². The summed E-state index contributed by atoms with van der Waals surface area (Å²) in [6.07, 6.45) is 0. The Kier molecular flexibility index (Phi) is 3.97. The van der Waals surface area contributed by atoms with Crippen LogP contribution in [0.15, 0.2) is 60.7 Å². The minimum Gasteiger partial charge on any atom is -0.508 e. The molecule has 0 saturated heterocycles. The van der Waals surface area contributed by atoms with Crippen molar-refractivity contribution < 1.29 is 9.90 Å². The lowest BCUT2D eigenvalue weighted by atomic mass is 10.3. The third-order valence-corrected chi connectivity index (χ3v) is 3.18. The van der Waals surface area contributed by atoms with E-state index in [1.807, 2.05) is 37.3 Å². The minimum absolute atomic E-state index is 0.0907. The zero-order valence-electron chi connectivity index (χ0n) is 12.5. The van der Waals surface area contributed by atoms with Gasteiger partial charge in [-0.15, -0.1) is 0 Å². The molecule has 23 heavy (non-hydrogen) atoms. The number of nitrogens with zero attached hydrogens (tertiary/aromatic N) is 2. The van der Waals surface area contributed by atoms with Crippen LogP contribution in [0.2, 0.25) is 0 Å². The number of hydrogen-bond donors (Lipinski definition) is 3. The fraction of sp³-hybridized carbons (Fsp3) is 0.0588. The van der Waals surface area contributed by atoms with Crippen molar-refractivity contribution in [1.82, 2.24) is 9.78 Å². The first-order valence-corrected chi connectivity index (χ1v) is 7.11. The lowest BCUT2D eigenvalue weighted by molar-refractivity contribution is 0.262. The van der Waals surface area contributed by atoms with Gasteiger partial charge in [0.05, 0.1) is 11.4 Å². The molecular formula is C17H16N4O2. The molecule has 0 spiro atoms. The highest BCUT2D eigenvalue weighted by atomic mass is 16.3. The highest BCUT2D eigenvalue weighted by Gasteiger charge is 2.11. The third-order valence-electron chi connectivity index (χ3n) is 3.18. The molecule has 0 atom stereocenters. The summed E-state index contributed by atoms with van der Waals surface area (Å²) in [6, 6.07) is 17.3. The summed E-state index contributed by atoms with van der Waals surface area (Å²) >= 11 is 0. The van der Waals surface area contributed by atoms with Crippen molar-refractivity contribution in [3.63, 3.8) is 0 Å². The fourth-order valence-electron chi connectivity index (χ4n) is 2.22. The van der Waals surface area contributed by atoms with Crippen LogP contribution in [-0.2, 0) is 0 Å². The van der Waals surface area contributed by atoms with Crippen LogP contribution in [0.4, 0.5) is 16.3 Å². The van der Waals surface area contributed by atoms with E-state index in [0.717, 1.165) is 11.4 Å². The molecule has 0 aliphatic heterocycles. The number of phenolic OH excluding ortho intramolecular Hbond substituents is 1. The van der Waals surface area contributed by atoms with Crippen molar-refractivity contribution in [1.29, 1.82) is 0 Å². The zero-order valence-corrected chi connectivity index (χ0v) is 12.5. The lowest BCUT2D eigenvalue weighted by Gasteiger charge is -2.10. The number of aromatic nitrogens is 2. The number of urea groups is 1. The van der Waals surface area contributed by atoms with Crippen molar-refractivity contribution in [2.45, 2.75) is 6.92 Å². The summed E-state index contributed by atoms with van der Waals surface area (Å²) < 4.78 is 1.66. The van der Waals surface area contributed by atoms with Gasteiger partial charge >= 0.3 is 6.03 Å². The molecule has 0 radical (unpaired) electrons. The summed E-state index contributed by atoms with van der Waals surface area (Å²) in [5, 5.41) is 19.2. The second kappa shape index (κ2) is 6.23. The molecule has 3 rings (SSSR count). The number of amides is 2. The largest absolute Gasteiger partial charge is 0.508 e. The van der Waals surface area contributed by atoms with Gasteiger partial charge in [0, 0.05) is 17.8 Å².